The van der Waals surface area contributed by atoms with Crippen LogP contribution in [0.2, 0.25) is 39.3 Å². The van der Waals surface area contributed by atoms with E-state index in [4.69, 9.17) is 4.12 Å². The molecule has 20 heavy (non-hydrogen) atoms. The first-order valence-electron chi connectivity index (χ1n) is 5.98. The number of rotatable bonds is 3. The van der Waals surface area contributed by atoms with Crippen LogP contribution in [0.15, 0.2) is 15.8 Å². The van der Waals surface area contributed by atoms with E-state index in [1.54, 1.807) is 4.98 Å². The van der Waals surface area contributed by atoms with E-state index in [2.05, 4.69) is 39.3 Å². The number of nitro groups is 1. The van der Waals surface area contributed by atoms with Gasteiger partial charge in [0, 0.05) is 0 Å². The van der Waals surface area contributed by atoms with Gasteiger partial charge in [-0.2, -0.15) is 0 Å². The summed E-state index contributed by atoms with van der Waals surface area (Å²) in [5.41, 5.74) is -2.44. The quantitative estimate of drug-likeness (QED) is 0.499. The van der Waals surface area contributed by atoms with E-state index in [0.717, 1.165) is 6.20 Å². The normalized spacial score (nSPS) is 11.5. The smallest absolute Gasteiger partial charge is 0.349 e. The van der Waals surface area contributed by atoms with E-state index in [0.29, 0.717) is 0 Å². The maximum atomic E-state index is 10.6. The third-order valence-electron chi connectivity index (χ3n) is 1.61. The zero-order chi connectivity index (χ0) is 16.1. The van der Waals surface area contributed by atoms with E-state index in [1.165, 1.54) is 0 Å². The standard InChI is InChI=1S/C6H18OSi2.C4H3N3O4/c1-8(2,3)7-9(4,5)6;8-3-2(7(10)11)1-5-4(9)6-3/h1-6H3;1H,(H2,5,6,8,9). The molecule has 0 aliphatic carbocycles. The van der Waals surface area contributed by atoms with Crippen LogP contribution < -0.4 is 11.2 Å². The van der Waals surface area contributed by atoms with Crippen LogP contribution in [0, 0.1) is 10.1 Å². The summed E-state index contributed by atoms with van der Waals surface area (Å²) >= 11 is 0. The molecule has 0 amide bonds. The number of aromatic amines is 2. The lowest BCUT2D eigenvalue weighted by Crippen LogP contribution is -2.39. The van der Waals surface area contributed by atoms with Crippen molar-refractivity contribution in [1.29, 1.82) is 0 Å². The predicted molar refractivity (Wildman–Crippen MR) is 82.1 cm³/mol. The zero-order valence-electron chi connectivity index (χ0n) is 12.6. The van der Waals surface area contributed by atoms with Crippen molar-refractivity contribution in [2.45, 2.75) is 39.3 Å². The Morgan fingerprint density at radius 1 is 1.10 bits per heavy atom. The van der Waals surface area contributed by atoms with E-state index in [9.17, 15) is 19.7 Å². The molecule has 0 fully saturated rings. The Morgan fingerprint density at radius 3 is 1.80 bits per heavy atom. The molecule has 0 saturated heterocycles. The van der Waals surface area contributed by atoms with Gasteiger partial charge in [-0.05, 0) is 39.3 Å². The Kier molecular flexibility index (Phi) is 6.25. The van der Waals surface area contributed by atoms with Gasteiger partial charge < -0.3 is 9.10 Å². The van der Waals surface area contributed by atoms with Gasteiger partial charge in [-0.1, -0.05) is 0 Å². The van der Waals surface area contributed by atoms with Crippen molar-refractivity contribution in [2.24, 2.45) is 0 Å². The van der Waals surface area contributed by atoms with Crippen LogP contribution in [0.5, 0.6) is 0 Å². The molecule has 0 aromatic carbocycles. The molecule has 0 unspecified atom stereocenters. The topological polar surface area (TPSA) is 118 Å². The molecule has 8 nitrogen and oxygen atoms in total. The maximum Gasteiger partial charge on any atom is 0.349 e. The highest BCUT2D eigenvalue weighted by Gasteiger charge is 2.24. The summed E-state index contributed by atoms with van der Waals surface area (Å²) in [6.45, 7) is 13.4. The molecule has 1 rings (SSSR count). The summed E-state index contributed by atoms with van der Waals surface area (Å²) in [4.78, 5) is 33.7. The zero-order valence-corrected chi connectivity index (χ0v) is 14.6. The van der Waals surface area contributed by atoms with Crippen molar-refractivity contribution >= 4 is 22.3 Å². The Morgan fingerprint density at radius 2 is 1.55 bits per heavy atom. The van der Waals surface area contributed by atoms with Gasteiger partial charge in [-0.15, -0.1) is 0 Å². The highest BCUT2D eigenvalue weighted by Crippen LogP contribution is 2.12. The second-order valence-electron chi connectivity index (χ2n) is 6.04. The Bertz CT molecular complexity index is 556. The lowest BCUT2D eigenvalue weighted by molar-refractivity contribution is -0.386. The minimum Gasteiger partial charge on any atom is -0.456 e. The van der Waals surface area contributed by atoms with E-state index < -0.39 is 38.5 Å². The molecular formula is C10H21N3O5Si2. The molecule has 1 aromatic heterocycles. The second kappa shape index (κ2) is 6.77. The van der Waals surface area contributed by atoms with Crippen LogP contribution in [-0.2, 0) is 4.12 Å². The molecular weight excluding hydrogens is 298 g/mol. The summed E-state index contributed by atoms with van der Waals surface area (Å²) in [5.74, 6) is 0. The van der Waals surface area contributed by atoms with Gasteiger partial charge in [0.2, 0.25) is 0 Å². The van der Waals surface area contributed by atoms with Gasteiger partial charge in [0.25, 0.3) is 0 Å². The van der Waals surface area contributed by atoms with Crippen LogP contribution in [0.1, 0.15) is 0 Å². The summed E-state index contributed by atoms with van der Waals surface area (Å²) in [6, 6.07) is 0. The fraction of sp³-hybridized carbons (Fsp3) is 0.600. The van der Waals surface area contributed by atoms with Crippen molar-refractivity contribution < 1.29 is 9.04 Å². The average molecular weight is 319 g/mol. The monoisotopic (exact) mass is 319 g/mol. The largest absolute Gasteiger partial charge is 0.456 e. The van der Waals surface area contributed by atoms with Gasteiger partial charge in [0.1, 0.15) is 0 Å². The minimum atomic E-state index is -1.23. The molecule has 114 valence electrons. The SMILES string of the molecule is C[Si](C)(C)O[Si](C)(C)C.O=c1[nH]cc([N+](=O)[O-])c(=O)[nH]1. The van der Waals surface area contributed by atoms with Gasteiger partial charge in [-0.25, -0.2) is 4.79 Å². The highest BCUT2D eigenvalue weighted by atomic mass is 28.4. The summed E-state index contributed by atoms with van der Waals surface area (Å²) in [5, 5.41) is 10.00. The molecule has 2 N–H and O–H groups in total. The lowest BCUT2D eigenvalue weighted by atomic mass is 10.5. The number of hydrogen-bond donors (Lipinski definition) is 2. The first-order valence-corrected chi connectivity index (χ1v) is 12.8. The fourth-order valence-electron chi connectivity index (χ4n) is 1.46. The number of hydrogen-bond acceptors (Lipinski definition) is 5. The first kappa shape index (κ1) is 18.5. The number of nitrogens with one attached hydrogen (secondary N) is 2. The van der Waals surface area contributed by atoms with Crippen LogP contribution >= 0.6 is 0 Å². The van der Waals surface area contributed by atoms with Crippen molar-refractivity contribution in [2.75, 3.05) is 0 Å². The average Bonchev–Trinajstić information content (AvgIpc) is 2.10. The molecule has 0 saturated carbocycles. The molecule has 0 bridgehead atoms. The minimum absolute atomic E-state index is 0.676. The Hall–Kier alpha value is -1.53. The van der Waals surface area contributed by atoms with Gasteiger partial charge in [0.15, 0.2) is 16.6 Å². The molecule has 0 aliphatic heterocycles. The van der Waals surface area contributed by atoms with E-state index in [-0.39, 0.29) is 0 Å². The summed E-state index contributed by atoms with van der Waals surface area (Å²) in [7, 11) is -2.46. The van der Waals surface area contributed by atoms with Crippen molar-refractivity contribution in [3.63, 3.8) is 0 Å². The Balaban J connectivity index is 0.000000370. The molecule has 10 heteroatoms. The van der Waals surface area contributed by atoms with Crippen LogP contribution in [0.3, 0.4) is 0 Å². The first-order chi connectivity index (χ1) is 8.82. The number of aromatic nitrogens is 2. The van der Waals surface area contributed by atoms with E-state index >= 15 is 0 Å². The van der Waals surface area contributed by atoms with E-state index in [1.807, 2.05) is 4.98 Å². The fourth-order valence-corrected chi connectivity index (χ4v) is 8.81. The third kappa shape index (κ3) is 8.55. The molecule has 1 heterocycles. The predicted octanol–water partition coefficient (Wildman–Crippen LogP) is 1.64. The van der Waals surface area contributed by atoms with Gasteiger partial charge in [-0.3, -0.25) is 19.9 Å². The van der Waals surface area contributed by atoms with Crippen molar-refractivity contribution in [1.82, 2.24) is 9.97 Å². The maximum absolute atomic E-state index is 10.6. The number of H-pyrrole nitrogens is 2. The lowest BCUT2D eigenvalue weighted by Gasteiger charge is -2.27. The molecule has 0 spiro atoms. The summed E-state index contributed by atoms with van der Waals surface area (Å²) < 4.78 is 5.90. The molecule has 1 aromatic rings. The van der Waals surface area contributed by atoms with Crippen LogP contribution in [0.25, 0.3) is 0 Å². The van der Waals surface area contributed by atoms with Crippen LogP contribution in [0.4, 0.5) is 5.69 Å². The van der Waals surface area contributed by atoms with Crippen molar-refractivity contribution in [3.8, 4) is 0 Å². The molecule has 0 aliphatic rings. The second-order valence-corrected chi connectivity index (χ2v) is 15.3. The highest BCUT2D eigenvalue weighted by molar-refractivity contribution is 6.83. The Labute approximate surface area is 118 Å². The van der Waals surface area contributed by atoms with Crippen molar-refractivity contribution in [3.05, 3.63) is 37.1 Å². The number of nitrogens with zero attached hydrogens (tertiary/aromatic N) is 1. The van der Waals surface area contributed by atoms with Gasteiger partial charge in [0.05, 0.1) is 11.1 Å². The third-order valence-corrected chi connectivity index (χ3v) is 6.51. The summed E-state index contributed by atoms with van der Waals surface area (Å²) in [6.07, 6.45) is 0.751. The van der Waals surface area contributed by atoms with Crippen LogP contribution in [-0.4, -0.2) is 31.5 Å². The molecule has 0 radical (unpaired) electrons. The molecule has 0 atom stereocenters. The van der Waals surface area contributed by atoms with Gasteiger partial charge >= 0.3 is 16.9 Å².